The van der Waals surface area contributed by atoms with Gasteiger partial charge in [-0.3, -0.25) is 0 Å². The molecule has 1 heterocycles. The maximum Gasteiger partial charge on any atom is 0.322 e. The normalized spacial score (nSPS) is 18.6. The maximum atomic E-state index is 9.95. The van der Waals surface area contributed by atoms with Crippen molar-refractivity contribution in [1.82, 2.24) is 0 Å². The lowest BCUT2D eigenvalue weighted by molar-refractivity contribution is 0.157. The van der Waals surface area contributed by atoms with Crippen LogP contribution < -0.4 is 24.3 Å². The van der Waals surface area contributed by atoms with Crippen molar-refractivity contribution in [3.05, 3.63) is 41.5 Å². The van der Waals surface area contributed by atoms with E-state index in [0.29, 0.717) is 23.0 Å². The Kier molecular flexibility index (Phi) is 4.62. The van der Waals surface area contributed by atoms with Crippen molar-refractivity contribution in [2.45, 2.75) is 12.0 Å². The van der Waals surface area contributed by atoms with Gasteiger partial charge in [-0.25, -0.2) is 0 Å². The van der Waals surface area contributed by atoms with Gasteiger partial charge < -0.3 is 24.0 Å². The van der Waals surface area contributed by atoms with Gasteiger partial charge >= 0.3 is 8.05 Å². The van der Waals surface area contributed by atoms with Gasteiger partial charge in [0.15, 0.2) is 17.2 Å². The smallest absolute Gasteiger partial charge is 0.322 e. The van der Waals surface area contributed by atoms with Gasteiger partial charge in [0.25, 0.3) is 0 Å². The van der Waals surface area contributed by atoms with Gasteiger partial charge in [0.1, 0.15) is 19.7 Å². The third kappa shape index (κ3) is 2.69. The Bertz CT molecular complexity index is 750. The molecule has 0 aliphatic carbocycles. The number of ether oxygens (including phenoxy) is 3. The molecule has 0 amide bonds. The molecule has 0 spiro atoms. The molecule has 0 saturated heterocycles. The highest BCUT2D eigenvalue weighted by atomic mass is 16.5. The number of aliphatic hydroxyl groups excluding tert-OH is 1. The monoisotopic (exact) mass is 326 g/mol. The van der Waals surface area contributed by atoms with Crippen LogP contribution in [-0.2, 0) is 0 Å². The summed E-state index contributed by atoms with van der Waals surface area (Å²) in [6.07, 6.45) is -0.305. The first-order chi connectivity index (χ1) is 11.6. The van der Waals surface area contributed by atoms with Crippen LogP contribution in [0.15, 0.2) is 30.3 Å². The predicted octanol–water partition coefficient (Wildman–Crippen LogP) is 0.0987. The van der Waals surface area contributed by atoms with E-state index in [0.717, 1.165) is 16.6 Å². The third-order valence-electron chi connectivity index (χ3n) is 4.39. The Balaban J connectivity index is 2.04. The minimum atomic E-state index is -0.305. The first kappa shape index (κ1) is 16.6. The summed E-state index contributed by atoms with van der Waals surface area (Å²) in [5.41, 5.74) is 2.96. The van der Waals surface area contributed by atoms with Gasteiger partial charge in [-0.2, -0.15) is 0 Å². The highest BCUT2D eigenvalue weighted by molar-refractivity contribution is 6.32. The number of fused-ring (bicyclic) bond motifs is 1. The fourth-order valence-corrected chi connectivity index (χ4v) is 3.22. The second-order valence-electron chi connectivity index (χ2n) is 5.83. The molecular formula is C17H20B2O5. The lowest BCUT2D eigenvalue weighted by Gasteiger charge is -2.19. The Labute approximate surface area is 143 Å². The van der Waals surface area contributed by atoms with Crippen molar-refractivity contribution in [2.24, 2.45) is 0 Å². The summed E-state index contributed by atoms with van der Waals surface area (Å²) in [5, 5.41) is 9.95. The van der Waals surface area contributed by atoms with Gasteiger partial charge in [-0.05, 0) is 23.8 Å². The van der Waals surface area contributed by atoms with Crippen LogP contribution in [0, 0.1) is 0 Å². The molecule has 2 aromatic rings. The van der Waals surface area contributed by atoms with E-state index >= 15 is 0 Å². The summed E-state index contributed by atoms with van der Waals surface area (Å²) in [5.74, 6) is 2.51. The van der Waals surface area contributed by atoms with Gasteiger partial charge in [0.2, 0.25) is 0 Å². The molecule has 3 rings (SSSR count). The van der Waals surface area contributed by atoms with Crippen molar-refractivity contribution in [3.8, 4) is 23.0 Å². The molecule has 0 bridgehead atoms. The Morgan fingerprint density at radius 3 is 2.46 bits per heavy atom. The van der Waals surface area contributed by atoms with Gasteiger partial charge in [0.05, 0.1) is 26.7 Å². The summed E-state index contributed by atoms with van der Waals surface area (Å²) in [6.45, 7) is -0.0153. The zero-order valence-electron chi connectivity index (χ0n) is 14.3. The topological polar surface area (TPSA) is 57.2 Å². The van der Waals surface area contributed by atoms with Crippen molar-refractivity contribution in [3.63, 3.8) is 0 Å². The van der Waals surface area contributed by atoms with E-state index < -0.39 is 0 Å². The number of rotatable bonds is 5. The second kappa shape index (κ2) is 6.69. The number of aliphatic hydroxyl groups is 1. The molecule has 2 aromatic carbocycles. The van der Waals surface area contributed by atoms with Crippen molar-refractivity contribution < 1.29 is 24.0 Å². The van der Waals surface area contributed by atoms with Crippen molar-refractivity contribution in [2.75, 3.05) is 20.8 Å². The van der Waals surface area contributed by atoms with Crippen LogP contribution in [0.25, 0.3) is 0 Å². The standard InChI is InChI=1S/C17H20B2O5/c1-21-14-5-9(3-4-13(14)24-19)16-12(8-20)11-6-10(18)7-15(22-2)17(11)23-16/h3-7,12,16,20H,8,18-19H2,1-2H3. The minimum Gasteiger partial charge on any atom is -0.565 e. The fraction of sp³-hybridized carbons (Fsp3) is 0.294. The molecule has 7 heteroatoms. The molecule has 0 radical (unpaired) electrons. The van der Waals surface area contributed by atoms with Crippen LogP contribution in [0.3, 0.4) is 0 Å². The SMILES string of the molecule is BOc1ccc(C2Oc3c(OC)cc(B)cc3C2CO)cc1OC. The summed E-state index contributed by atoms with van der Waals surface area (Å²) in [4.78, 5) is 0. The summed E-state index contributed by atoms with van der Waals surface area (Å²) < 4.78 is 22.3. The number of hydrogen-bond donors (Lipinski definition) is 1. The van der Waals surface area contributed by atoms with Crippen LogP contribution >= 0.6 is 0 Å². The predicted molar refractivity (Wildman–Crippen MR) is 96.5 cm³/mol. The number of benzene rings is 2. The molecule has 0 aromatic heterocycles. The van der Waals surface area contributed by atoms with E-state index in [2.05, 4.69) is 0 Å². The molecule has 2 atom stereocenters. The van der Waals surface area contributed by atoms with E-state index in [1.807, 2.05) is 38.2 Å². The molecule has 24 heavy (non-hydrogen) atoms. The highest BCUT2D eigenvalue weighted by Gasteiger charge is 2.37. The fourth-order valence-electron chi connectivity index (χ4n) is 3.22. The highest BCUT2D eigenvalue weighted by Crippen LogP contribution is 2.50. The molecule has 2 unspecified atom stereocenters. The molecular weight excluding hydrogens is 306 g/mol. The third-order valence-corrected chi connectivity index (χ3v) is 4.39. The molecule has 124 valence electrons. The molecule has 0 saturated carbocycles. The Morgan fingerprint density at radius 2 is 1.83 bits per heavy atom. The minimum absolute atomic E-state index is 0.0153. The lowest BCUT2D eigenvalue weighted by atomic mass is 9.87. The second-order valence-corrected chi connectivity index (χ2v) is 5.83. The van der Waals surface area contributed by atoms with Crippen LogP contribution in [0.1, 0.15) is 23.1 Å². The largest absolute Gasteiger partial charge is 0.565 e. The van der Waals surface area contributed by atoms with Crippen LogP contribution in [0.4, 0.5) is 0 Å². The van der Waals surface area contributed by atoms with Crippen LogP contribution in [-0.4, -0.2) is 41.8 Å². The van der Waals surface area contributed by atoms with Crippen LogP contribution in [0.5, 0.6) is 23.0 Å². The van der Waals surface area contributed by atoms with E-state index in [-0.39, 0.29) is 18.6 Å². The molecule has 5 nitrogen and oxygen atoms in total. The number of methoxy groups -OCH3 is 2. The van der Waals surface area contributed by atoms with Crippen LogP contribution in [0.2, 0.25) is 0 Å². The average Bonchev–Trinajstić information content (AvgIpc) is 2.98. The van der Waals surface area contributed by atoms with Gasteiger partial charge in [0, 0.05) is 5.56 Å². The molecule has 1 N–H and O–H groups in total. The van der Waals surface area contributed by atoms with Gasteiger partial charge in [-0.1, -0.05) is 17.6 Å². The first-order valence-corrected chi connectivity index (χ1v) is 7.80. The maximum absolute atomic E-state index is 9.95. The molecule has 0 fully saturated rings. The summed E-state index contributed by atoms with van der Waals surface area (Å²) in [7, 11) is 6.82. The first-order valence-electron chi connectivity index (χ1n) is 7.80. The zero-order valence-corrected chi connectivity index (χ0v) is 14.3. The van der Waals surface area contributed by atoms with Gasteiger partial charge in [-0.15, -0.1) is 0 Å². The molecule has 1 aliphatic heterocycles. The Morgan fingerprint density at radius 1 is 1.08 bits per heavy atom. The van der Waals surface area contributed by atoms with E-state index in [1.54, 1.807) is 22.3 Å². The van der Waals surface area contributed by atoms with E-state index in [9.17, 15) is 5.11 Å². The van der Waals surface area contributed by atoms with E-state index in [1.165, 1.54) is 0 Å². The van der Waals surface area contributed by atoms with E-state index in [4.69, 9.17) is 18.9 Å². The summed E-state index contributed by atoms with van der Waals surface area (Å²) >= 11 is 0. The number of hydrogen-bond acceptors (Lipinski definition) is 5. The Hall–Kier alpha value is -2.27. The molecule has 1 aliphatic rings. The van der Waals surface area contributed by atoms with Crippen molar-refractivity contribution >= 4 is 21.4 Å². The zero-order chi connectivity index (χ0) is 17.3. The lowest BCUT2D eigenvalue weighted by Crippen LogP contribution is -2.14. The van der Waals surface area contributed by atoms with Crippen molar-refractivity contribution in [1.29, 1.82) is 0 Å². The quantitative estimate of drug-likeness (QED) is 0.790. The average molecular weight is 326 g/mol. The summed E-state index contributed by atoms with van der Waals surface area (Å²) in [6, 6.07) is 9.64.